The van der Waals surface area contributed by atoms with Gasteiger partial charge >= 0.3 is 0 Å². The third-order valence-electron chi connectivity index (χ3n) is 1.95. The number of hydrogen-bond acceptors (Lipinski definition) is 5. The van der Waals surface area contributed by atoms with Crippen LogP contribution in [-0.2, 0) is 11.2 Å². The van der Waals surface area contributed by atoms with E-state index in [4.69, 9.17) is 5.73 Å². The lowest BCUT2D eigenvalue weighted by Gasteiger charge is -1.89. The highest BCUT2D eigenvalue weighted by Crippen LogP contribution is 2.26. The second-order valence-corrected chi connectivity index (χ2v) is 4.28. The van der Waals surface area contributed by atoms with E-state index in [0.29, 0.717) is 15.2 Å². The van der Waals surface area contributed by atoms with Crippen molar-refractivity contribution in [3.05, 3.63) is 33.3 Å². The van der Waals surface area contributed by atoms with Gasteiger partial charge in [0.05, 0.1) is 21.6 Å². The van der Waals surface area contributed by atoms with Gasteiger partial charge in [-0.05, 0) is 6.07 Å². The highest BCUT2D eigenvalue weighted by atomic mass is 32.1. The topological polar surface area (TPSA) is 99.1 Å². The second-order valence-electron chi connectivity index (χ2n) is 3.16. The highest BCUT2D eigenvalue weighted by molar-refractivity contribution is 7.18. The van der Waals surface area contributed by atoms with Gasteiger partial charge in [0.25, 0.3) is 5.69 Å². The number of hydrogen-bond donors (Lipinski definition) is 1. The predicted octanol–water partition coefficient (Wildman–Crippen LogP) is 1.23. The summed E-state index contributed by atoms with van der Waals surface area (Å²) in [5, 5.41) is 11.1. The van der Waals surface area contributed by atoms with Crippen LogP contribution in [0.25, 0.3) is 10.2 Å². The van der Waals surface area contributed by atoms with Gasteiger partial charge in [-0.2, -0.15) is 0 Å². The maximum Gasteiger partial charge on any atom is 0.270 e. The van der Waals surface area contributed by atoms with Gasteiger partial charge in [-0.3, -0.25) is 14.9 Å². The Kier molecular flexibility index (Phi) is 2.53. The lowest BCUT2D eigenvalue weighted by Crippen LogP contribution is -2.13. The number of nitro benzene ring substituents is 1. The molecule has 6 nitrogen and oxygen atoms in total. The molecule has 7 heteroatoms. The number of benzene rings is 1. The van der Waals surface area contributed by atoms with E-state index in [2.05, 4.69) is 4.98 Å². The van der Waals surface area contributed by atoms with Crippen molar-refractivity contribution >= 4 is 33.1 Å². The van der Waals surface area contributed by atoms with Gasteiger partial charge in [0.2, 0.25) is 5.91 Å². The number of rotatable bonds is 3. The normalized spacial score (nSPS) is 10.5. The molecule has 1 aromatic carbocycles. The molecule has 0 saturated carbocycles. The molecule has 0 unspecified atom stereocenters. The molecule has 0 spiro atoms. The van der Waals surface area contributed by atoms with Gasteiger partial charge in [-0.15, -0.1) is 11.3 Å². The molecule has 0 fully saturated rings. The zero-order chi connectivity index (χ0) is 11.7. The monoisotopic (exact) mass is 237 g/mol. The molecule has 1 amide bonds. The summed E-state index contributed by atoms with van der Waals surface area (Å²) in [7, 11) is 0. The molecule has 0 aliphatic carbocycles. The molecule has 1 aromatic heterocycles. The van der Waals surface area contributed by atoms with Crippen LogP contribution < -0.4 is 5.73 Å². The third kappa shape index (κ3) is 1.98. The molecule has 0 aliphatic rings. The number of aromatic nitrogens is 1. The summed E-state index contributed by atoms with van der Waals surface area (Å²) in [4.78, 5) is 24.9. The number of carbonyl (C=O) groups is 1. The lowest BCUT2D eigenvalue weighted by atomic mass is 10.3. The smallest absolute Gasteiger partial charge is 0.270 e. The summed E-state index contributed by atoms with van der Waals surface area (Å²) in [6.07, 6.45) is 0.0626. The van der Waals surface area contributed by atoms with Crippen LogP contribution in [0, 0.1) is 10.1 Å². The molecule has 2 rings (SSSR count). The first-order valence-electron chi connectivity index (χ1n) is 4.38. The number of nitrogens with zero attached hydrogens (tertiary/aromatic N) is 2. The first kappa shape index (κ1) is 10.5. The van der Waals surface area contributed by atoms with E-state index < -0.39 is 10.8 Å². The average molecular weight is 237 g/mol. The Hall–Kier alpha value is -2.02. The van der Waals surface area contributed by atoms with E-state index in [1.165, 1.54) is 23.5 Å². The van der Waals surface area contributed by atoms with E-state index in [9.17, 15) is 14.9 Å². The molecule has 82 valence electrons. The van der Waals surface area contributed by atoms with Gasteiger partial charge in [-0.25, -0.2) is 4.98 Å². The minimum Gasteiger partial charge on any atom is -0.369 e. The van der Waals surface area contributed by atoms with Crippen molar-refractivity contribution in [2.45, 2.75) is 6.42 Å². The van der Waals surface area contributed by atoms with Crippen LogP contribution in [0.4, 0.5) is 5.69 Å². The molecule has 16 heavy (non-hydrogen) atoms. The molecule has 2 aromatic rings. The highest BCUT2D eigenvalue weighted by Gasteiger charge is 2.11. The van der Waals surface area contributed by atoms with Crippen molar-refractivity contribution in [1.82, 2.24) is 4.98 Å². The van der Waals surface area contributed by atoms with Crippen LogP contribution in [0.2, 0.25) is 0 Å². The number of nitro groups is 1. The summed E-state index contributed by atoms with van der Waals surface area (Å²) in [6, 6.07) is 4.39. The number of non-ortho nitro benzene ring substituents is 1. The Labute approximate surface area is 93.9 Å². The quantitative estimate of drug-likeness (QED) is 0.641. The van der Waals surface area contributed by atoms with E-state index in [-0.39, 0.29) is 12.1 Å². The van der Waals surface area contributed by atoms with Crippen LogP contribution in [-0.4, -0.2) is 15.8 Å². The molecular formula is C9H7N3O3S. The average Bonchev–Trinajstić information content (AvgIpc) is 2.56. The van der Waals surface area contributed by atoms with Crippen LogP contribution in [0.3, 0.4) is 0 Å². The largest absolute Gasteiger partial charge is 0.369 e. The Morgan fingerprint density at radius 1 is 1.56 bits per heavy atom. The van der Waals surface area contributed by atoms with Crippen LogP contribution in [0.5, 0.6) is 0 Å². The van der Waals surface area contributed by atoms with Crippen molar-refractivity contribution in [2.24, 2.45) is 5.73 Å². The third-order valence-corrected chi connectivity index (χ3v) is 2.97. The van der Waals surface area contributed by atoms with Crippen LogP contribution >= 0.6 is 11.3 Å². The standard InChI is InChI=1S/C9H7N3O3S/c10-8(13)4-9-11-6-2-1-5(12(14)15)3-7(6)16-9/h1-3H,4H2,(H2,10,13). The molecular weight excluding hydrogens is 230 g/mol. The zero-order valence-corrected chi connectivity index (χ0v) is 8.86. The van der Waals surface area contributed by atoms with Crippen molar-refractivity contribution in [1.29, 1.82) is 0 Å². The predicted molar refractivity (Wildman–Crippen MR) is 59.2 cm³/mol. The van der Waals surface area contributed by atoms with Crippen molar-refractivity contribution in [3.8, 4) is 0 Å². The number of thiazole rings is 1. The van der Waals surface area contributed by atoms with E-state index >= 15 is 0 Å². The van der Waals surface area contributed by atoms with Crippen LogP contribution in [0.15, 0.2) is 18.2 Å². The van der Waals surface area contributed by atoms with Crippen molar-refractivity contribution < 1.29 is 9.72 Å². The fourth-order valence-corrected chi connectivity index (χ4v) is 2.31. The van der Waals surface area contributed by atoms with Gasteiger partial charge in [-0.1, -0.05) is 0 Å². The minimum absolute atomic E-state index is 0.0155. The van der Waals surface area contributed by atoms with Crippen LogP contribution in [0.1, 0.15) is 5.01 Å². The summed E-state index contributed by atoms with van der Waals surface area (Å²) >= 11 is 1.24. The summed E-state index contributed by atoms with van der Waals surface area (Å²) < 4.78 is 0.686. The lowest BCUT2D eigenvalue weighted by molar-refractivity contribution is -0.384. The zero-order valence-electron chi connectivity index (χ0n) is 8.04. The van der Waals surface area contributed by atoms with Crippen molar-refractivity contribution in [2.75, 3.05) is 0 Å². The second kappa shape index (κ2) is 3.86. The summed E-state index contributed by atoms with van der Waals surface area (Å²) in [6.45, 7) is 0. The number of primary amides is 1. The Morgan fingerprint density at radius 2 is 2.31 bits per heavy atom. The Morgan fingerprint density at radius 3 is 2.94 bits per heavy atom. The fourth-order valence-electron chi connectivity index (χ4n) is 1.30. The van der Waals surface area contributed by atoms with Gasteiger partial charge in [0.15, 0.2) is 0 Å². The SMILES string of the molecule is NC(=O)Cc1nc2ccc([N+](=O)[O-])cc2s1. The Balaban J connectivity index is 2.45. The molecule has 1 heterocycles. The summed E-state index contributed by atoms with van der Waals surface area (Å²) in [5.41, 5.74) is 5.70. The Bertz CT molecular complexity index is 578. The fraction of sp³-hybridized carbons (Fsp3) is 0.111. The van der Waals surface area contributed by atoms with Gasteiger partial charge in [0, 0.05) is 12.1 Å². The summed E-state index contributed by atoms with van der Waals surface area (Å²) in [5.74, 6) is -0.464. The van der Waals surface area contributed by atoms with E-state index in [0.717, 1.165) is 0 Å². The maximum absolute atomic E-state index is 10.7. The van der Waals surface area contributed by atoms with Crippen molar-refractivity contribution in [3.63, 3.8) is 0 Å². The maximum atomic E-state index is 10.7. The van der Waals surface area contributed by atoms with E-state index in [1.807, 2.05) is 0 Å². The molecule has 0 radical (unpaired) electrons. The van der Waals surface area contributed by atoms with Gasteiger partial charge in [0.1, 0.15) is 5.01 Å². The first-order chi connectivity index (χ1) is 7.56. The number of nitrogens with two attached hydrogens (primary N) is 1. The number of fused-ring (bicyclic) bond motifs is 1. The molecule has 2 N–H and O–H groups in total. The first-order valence-corrected chi connectivity index (χ1v) is 5.20. The number of amides is 1. The van der Waals surface area contributed by atoms with Gasteiger partial charge < -0.3 is 5.73 Å². The molecule has 0 saturated heterocycles. The molecule has 0 aliphatic heterocycles. The molecule has 0 bridgehead atoms. The number of carbonyl (C=O) groups excluding carboxylic acids is 1. The molecule has 0 atom stereocenters. The minimum atomic E-state index is -0.465. The van der Waals surface area contributed by atoms with E-state index in [1.54, 1.807) is 6.07 Å².